The molecule has 1 heterocycles. The van der Waals surface area contributed by atoms with E-state index < -0.39 is 30.4 Å². The summed E-state index contributed by atoms with van der Waals surface area (Å²) in [5.74, 6) is -1.29. The molecular weight excluding hydrogens is 264 g/mol. The van der Waals surface area contributed by atoms with Gasteiger partial charge in [0.25, 0.3) is 0 Å². The Hall–Kier alpha value is -2.57. The van der Waals surface area contributed by atoms with E-state index in [9.17, 15) is 14.4 Å². The minimum atomic E-state index is -1.15. The molecule has 0 spiro atoms. The van der Waals surface area contributed by atoms with Gasteiger partial charge in [-0.15, -0.1) is 0 Å². The first-order chi connectivity index (χ1) is 9.58. The number of hydrogen-bond acceptors (Lipinski definition) is 4. The lowest BCUT2D eigenvalue weighted by molar-refractivity contribution is -0.142. The molecule has 0 aromatic heterocycles. The van der Waals surface area contributed by atoms with Gasteiger partial charge in [0.2, 0.25) is 5.91 Å². The van der Waals surface area contributed by atoms with Crippen molar-refractivity contribution in [3.05, 3.63) is 30.3 Å². The second kappa shape index (κ2) is 6.05. The van der Waals surface area contributed by atoms with Crippen LogP contribution in [-0.2, 0) is 9.59 Å². The molecule has 106 valence electrons. The molecule has 2 rings (SSSR count). The molecule has 2 amide bonds. The third-order valence-corrected chi connectivity index (χ3v) is 2.88. The van der Waals surface area contributed by atoms with Gasteiger partial charge in [0.05, 0.1) is 6.42 Å². The minimum Gasteiger partial charge on any atom is -0.481 e. The van der Waals surface area contributed by atoms with Crippen molar-refractivity contribution in [1.29, 1.82) is 0 Å². The molecule has 1 aliphatic rings. The largest absolute Gasteiger partial charge is 0.481 e. The molecule has 1 aliphatic heterocycles. The monoisotopic (exact) mass is 278 g/mol. The smallest absolute Gasteiger partial charge is 0.415 e. The predicted octanol–water partition coefficient (Wildman–Crippen LogP) is 0.460. The van der Waals surface area contributed by atoms with Gasteiger partial charge >= 0.3 is 12.1 Å². The average Bonchev–Trinajstić information content (AvgIpc) is 2.41. The van der Waals surface area contributed by atoms with Crippen molar-refractivity contribution in [1.82, 2.24) is 10.2 Å². The lowest BCUT2D eigenvalue weighted by Gasteiger charge is -2.33. The highest BCUT2D eigenvalue weighted by molar-refractivity contribution is 5.90. The van der Waals surface area contributed by atoms with Gasteiger partial charge in [0, 0.05) is 13.1 Å². The van der Waals surface area contributed by atoms with E-state index in [-0.39, 0.29) is 13.1 Å². The van der Waals surface area contributed by atoms with Crippen LogP contribution in [0.25, 0.3) is 0 Å². The zero-order valence-electron chi connectivity index (χ0n) is 10.6. The van der Waals surface area contributed by atoms with E-state index in [1.54, 1.807) is 30.3 Å². The van der Waals surface area contributed by atoms with Crippen LogP contribution in [0.4, 0.5) is 4.79 Å². The van der Waals surface area contributed by atoms with Crippen molar-refractivity contribution in [2.24, 2.45) is 0 Å². The van der Waals surface area contributed by atoms with Crippen molar-refractivity contribution >= 4 is 18.0 Å². The van der Waals surface area contributed by atoms with Crippen LogP contribution in [0.2, 0.25) is 0 Å². The normalized spacial score (nSPS) is 18.3. The van der Waals surface area contributed by atoms with Crippen LogP contribution in [-0.4, -0.2) is 47.1 Å². The Morgan fingerprint density at radius 2 is 2.05 bits per heavy atom. The number of hydrogen-bond donors (Lipinski definition) is 2. The van der Waals surface area contributed by atoms with E-state index in [0.717, 1.165) is 4.90 Å². The summed E-state index contributed by atoms with van der Waals surface area (Å²) >= 11 is 0. The molecule has 1 unspecified atom stereocenters. The van der Waals surface area contributed by atoms with E-state index in [1.807, 2.05) is 0 Å². The van der Waals surface area contributed by atoms with Crippen molar-refractivity contribution < 1.29 is 24.2 Å². The molecule has 1 fully saturated rings. The van der Waals surface area contributed by atoms with E-state index in [4.69, 9.17) is 9.84 Å². The zero-order chi connectivity index (χ0) is 14.5. The summed E-state index contributed by atoms with van der Waals surface area (Å²) in [6.45, 7) is 0.494. The fourth-order valence-corrected chi connectivity index (χ4v) is 1.95. The number of carboxylic acid groups (broad SMARTS) is 1. The van der Waals surface area contributed by atoms with E-state index in [0.29, 0.717) is 5.75 Å². The number of para-hydroxylation sites is 1. The van der Waals surface area contributed by atoms with E-state index >= 15 is 0 Å². The molecular formula is C13H14N2O5. The molecule has 7 nitrogen and oxygen atoms in total. The molecule has 0 radical (unpaired) electrons. The van der Waals surface area contributed by atoms with E-state index in [1.165, 1.54) is 0 Å². The predicted molar refractivity (Wildman–Crippen MR) is 68.2 cm³/mol. The Morgan fingerprint density at radius 3 is 2.70 bits per heavy atom. The van der Waals surface area contributed by atoms with Crippen LogP contribution in [0.5, 0.6) is 5.75 Å². The molecule has 0 bridgehead atoms. The van der Waals surface area contributed by atoms with Gasteiger partial charge in [-0.05, 0) is 12.1 Å². The highest BCUT2D eigenvalue weighted by Gasteiger charge is 2.35. The number of carbonyl (C=O) groups excluding carboxylic acids is 2. The summed E-state index contributed by atoms with van der Waals surface area (Å²) in [6.07, 6.45) is -1.17. The van der Waals surface area contributed by atoms with Crippen LogP contribution >= 0.6 is 0 Å². The second-order valence-electron chi connectivity index (χ2n) is 4.28. The van der Waals surface area contributed by atoms with Crippen LogP contribution < -0.4 is 10.1 Å². The van der Waals surface area contributed by atoms with Gasteiger partial charge in [0.1, 0.15) is 11.8 Å². The molecule has 0 aliphatic carbocycles. The maximum absolute atomic E-state index is 12.0. The molecule has 1 saturated heterocycles. The maximum atomic E-state index is 12.0. The molecule has 1 aromatic carbocycles. The van der Waals surface area contributed by atoms with Crippen molar-refractivity contribution in [2.45, 2.75) is 12.5 Å². The minimum absolute atomic E-state index is 0.218. The van der Waals surface area contributed by atoms with Crippen molar-refractivity contribution in [2.75, 3.05) is 13.1 Å². The summed E-state index contributed by atoms with van der Waals surface area (Å²) < 4.78 is 5.13. The lowest BCUT2D eigenvalue weighted by Crippen LogP contribution is -2.58. The number of carboxylic acids is 1. The van der Waals surface area contributed by atoms with Crippen molar-refractivity contribution in [3.63, 3.8) is 0 Å². The van der Waals surface area contributed by atoms with Gasteiger partial charge < -0.3 is 15.2 Å². The van der Waals surface area contributed by atoms with Crippen molar-refractivity contribution in [3.8, 4) is 5.75 Å². The Bertz CT molecular complexity index is 517. The Kier molecular flexibility index (Phi) is 4.19. The number of piperazine rings is 1. The molecule has 2 N–H and O–H groups in total. The quantitative estimate of drug-likeness (QED) is 0.837. The third-order valence-electron chi connectivity index (χ3n) is 2.88. The van der Waals surface area contributed by atoms with Gasteiger partial charge in [0.15, 0.2) is 0 Å². The topological polar surface area (TPSA) is 95.9 Å². The van der Waals surface area contributed by atoms with Gasteiger partial charge in [-0.2, -0.15) is 0 Å². The standard InChI is InChI=1S/C13H14N2O5/c16-11(17)8-10-12(18)14-6-7-15(10)13(19)20-9-4-2-1-3-5-9/h1-5,10H,6-8H2,(H,14,18)(H,16,17). The number of nitrogens with zero attached hydrogens (tertiary/aromatic N) is 1. The average molecular weight is 278 g/mol. The summed E-state index contributed by atoms with van der Waals surface area (Å²) in [5.41, 5.74) is 0. The maximum Gasteiger partial charge on any atom is 0.415 e. The lowest BCUT2D eigenvalue weighted by atomic mass is 10.1. The molecule has 0 saturated carbocycles. The van der Waals surface area contributed by atoms with E-state index in [2.05, 4.69) is 5.32 Å². The summed E-state index contributed by atoms with van der Waals surface area (Å²) in [6, 6.07) is 7.36. The van der Waals surface area contributed by atoms with Crippen LogP contribution in [0.15, 0.2) is 30.3 Å². The summed E-state index contributed by atoms with van der Waals surface area (Å²) in [4.78, 5) is 35.6. The molecule has 1 atom stereocenters. The highest BCUT2D eigenvalue weighted by atomic mass is 16.6. The first-order valence-corrected chi connectivity index (χ1v) is 6.11. The second-order valence-corrected chi connectivity index (χ2v) is 4.28. The SMILES string of the molecule is O=C(O)CC1C(=O)NCCN1C(=O)Oc1ccccc1. The first kappa shape index (κ1) is 13.9. The molecule has 20 heavy (non-hydrogen) atoms. The van der Waals surface area contributed by atoms with Gasteiger partial charge in [-0.3, -0.25) is 14.5 Å². The number of carbonyl (C=O) groups is 3. The highest BCUT2D eigenvalue weighted by Crippen LogP contribution is 2.14. The first-order valence-electron chi connectivity index (χ1n) is 6.11. The number of benzene rings is 1. The number of nitrogens with one attached hydrogen (secondary N) is 1. The summed E-state index contributed by atoms with van der Waals surface area (Å²) in [5, 5.41) is 11.3. The summed E-state index contributed by atoms with van der Waals surface area (Å²) in [7, 11) is 0. The number of aliphatic carboxylic acids is 1. The number of ether oxygens (including phenoxy) is 1. The third kappa shape index (κ3) is 3.25. The fraction of sp³-hybridized carbons (Fsp3) is 0.308. The fourth-order valence-electron chi connectivity index (χ4n) is 1.95. The Morgan fingerprint density at radius 1 is 1.35 bits per heavy atom. The van der Waals surface area contributed by atoms with Crippen LogP contribution in [0.3, 0.4) is 0 Å². The number of rotatable bonds is 3. The van der Waals surface area contributed by atoms with Gasteiger partial charge in [-0.1, -0.05) is 18.2 Å². The number of amides is 2. The molecule has 1 aromatic rings. The molecule has 7 heteroatoms. The Labute approximate surface area is 115 Å². The van der Waals surface area contributed by atoms with Crippen LogP contribution in [0, 0.1) is 0 Å². The zero-order valence-corrected chi connectivity index (χ0v) is 10.6. The van der Waals surface area contributed by atoms with Crippen LogP contribution in [0.1, 0.15) is 6.42 Å². The van der Waals surface area contributed by atoms with Gasteiger partial charge in [-0.25, -0.2) is 4.79 Å². The Balaban J connectivity index is 2.09.